The van der Waals surface area contributed by atoms with Crippen LogP contribution in [0.1, 0.15) is 16.8 Å². The number of hydrogen-bond donors (Lipinski definition) is 1. The van der Waals surface area contributed by atoms with Crippen molar-refractivity contribution in [2.45, 2.75) is 6.42 Å². The fraction of sp³-hybridized carbons (Fsp3) is 0.227. The summed E-state index contributed by atoms with van der Waals surface area (Å²) < 4.78 is 13.0. The normalized spacial score (nSPS) is 27.4. The maximum absolute atomic E-state index is 13.0. The van der Waals surface area contributed by atoms with Gasteiger partial charge in [-0.25, -0.2) is 9.29 Å². The van der Waals surface area contributed by atoms with Gasteiger partial charge < -0.3 is 5.32 Å². The third kappa shape index (κ3) is 2.48. The molecule has 2 aromatic rings. The second kappa shape index (κ2) is 6.12. The van der Waals surface area contributed by atoms with Gasteiger partial charge in [0.1, 0.15) is 5.82 Å². The number of fused-ring (bicyclic) bond motifs is 5. The predicted octanol–water partition coefficient (Wildman–Crippen LogP) is 3.39. The Bertz CT molecular complexity index is 1000. The van der Waals surface area contributed by atoms with Gasteiger partial charge in [0.2, 0.25) is 11.8 Å². The smallest absolute Gasteiger partial charge is 0.255 e. The molecule has 1 heterocycles. The average molecular weight is 376 g/mol. The lowest BCUT2D eigenvalue weighted by Crippen LogP contribution is -2.33. The Labute approximate surface area is 160 Å². The Hall–Kier alpha value is -3.28. The van der Waals surface area contributed by atoms with Crippen molar-refractivity contribution in [2.75, 3.05) is 10.2 Å². The number of halogens is 1. The summed E-state index contributed by atoms with van der Waals surface area (Å²) in [5, 5.41) is 2.69. The maximum Gasteiger partial charge on any atom is 0.255 e. The molecule has 1 N–H and O–H groups in total. The van der Waals surface area contributed by atoms with Crippen molar-refractivity contribution in [1.29, 1.82) is 0 Å². The summed E-state index contributed by atoms with van der Waals surface area (Å²) in [5.74, 6) is -1.42. The zero-order valence-corrected chi connectivity index (χ0v) is 14.8. The summed E-state index contributed by atoms with van der Waals surface area (Å²) in [6.07, 6.45) is 4.97. The van der Waals surface area contributed by atoms with Crippen LogP contribution in [-0.4, -0.2) is 17.7 Å². The number of nitrogens with zero attached hydrogens (tertiary/aromatic N) is 1. The van der Waals surface area contributed by atoms with Crippen LogP contribution in [-0.2, 0) is 9.59 Å². The Morgan fingerprint density at radius 3 is 2.25 bits per heavy atom. The van der Waals surface area contributed by atoms with E-state index >= 15 is 0 Å². The molecular weight excluding hydrogens is 359 g/mol. The molecule has 0 radical (unpaired) electrons. The van der Waals surface area contributed by atoms with Crippen molar-refractivity contribution in [2.24, 2.45) is 23.7 Å². The van der Waals surface area contributed by atoms with Crippen molar-refractivity contribution >= 4 is 29.1 Å². The number of allylic oxidation sites excluding steroid dienone is 2. The third-order valence-electron chi connectivity index (χ3n) is 5.94. The molecule has 2 bridgehead atoms. The highest BCUT2D eigenvalue weighted by Crippen LogP contribution is 2.53. The molecule has 3 amide bonds. The van der Waals surface area contributed by atoms with Crippen LogP contribution >= 0.6 is 0 Å². The molecule has 6 heteroatoms. The van der Waals surface area contributed by atoms with Gasteiger partial charge in [0.25, 0.3) is 5.91 Å². The topological polar surface area (TPSA) is 66.5 Å². The number of rotatable bonds is 3. The first-order valence-corrected chi connectivity index (χ1v) is 9.26. The molecule has 3 aliphatic rings. The minimum atomic E-state index is -0.394. The summed E-state index contributed by atoms with van der Waals surface area (Å²) in [4.78, 5) is 39.6. The van der Waals surface area contributed by atoms with Gasteiger partial charge in [0, 0.05) is 11.3 Å². The van der Waals surface area contributed by atoms with E-state index in [1.54, 1.807) is 24.3 Å². The lowest BCUT2D eigenvalue weighted by Gasteiger charge is -2.18. The Kier molecular flexibility index (Phi) is 3.69. The van der Waals surface area contributed by atoms with Crippen LogP contribution in [0.5, 0.6) is 0 Å². The molecule has 5 rings (SSSR count). The van der Waals surface area contributed by atoms with E-state index in [0.29, 0.717) is 16.9 Å². The van der Waals surface area contributed by atoms with Crippen LogP contribution in [0.4, 0.5) is 15.8 Å². The van der Waals surface area contributed by atoms with E-state index < -0.39 is 5.91 Å². The lowest BCUT2D eigenvalue weighted by atomic mass is 9.85. The van der Waals surface area contributed by atoms with Gasteiger partial charge in [-0.15, -0.1) is 0 Å². The molecule has 1 saturated carbocycles. The molecule has 2 aromatic carbocycles. The summed E-state index contributed by atoms with van der Waals surface area (Å²) in [7, 11) is 0. The van der Waals surface area contributed by atoms with Crippen LogP contribution < -0.4 is 10.2 Å². The van der Waals surface area contributed by atoms with Crippen molar-refractivity contribution in [3.8, 4) is 0 Å². The molecular formula is C22H17FN2O3. The SMILES string of the molecule is O=C(Nc1ccc(F)cc1)c1cccc(N2C(=O)[C@H]3[C@H](C2=O)[C@H]2C=C[C@H]3C2)c1. The molecule has 1 aliphatic heterocycles. The van der Waals surface area contributed by atoms with E-state index in [1.807, 2.05) is 12.2 Å². The van der Waals surface area contributed by atoms with Gasteiger partial charge in [0.05, 0.1) is 17.5 Å². The molecule has 5 nitrogen and oxygen atoms in total. The van der Waals surface area contributed by atoms with Gasteiger partial charge in [0.15, 0.2) is 0 Å². The first kappa shape index (κ1) is 16.9. The van der Waals surface area contributed by atoms with Gasteiger partial charge >= 0.3 is 0 Å². The van der Waals surface area contributed by atoms with Crippen LogP contribution in [0.3, 0.4) is 0 Å². The van der Waals surface area contributed by atoms with Crippen LogP contribution in [0.15, 0.2) is 60.7 Å². The van der Waals surface area contributed by atoms with Gasteiger partial charge in [-0.3, -0.25) is 14.4 Å². The fourth-order valence-electron chi connectivity index (χ4n) is 4.68. The predicted molar refractivity (Wildman–Crippen MR) is 101 cm³/mol. The van der Waals surface area contributed by atoms with Crippen molar-refractivity contribution in [3.05, 3.63) is 72.1 Å². The summed E-state index contributed by atoms with van der Waals surface area (Å²) >= 11 is 0. The Morgan fingerprint density at radius 1 is 0.964 bits per heavy atom. The van der Waals surface area contributed by atoms with E-state index in [9.17, 15) is 18.8 Å². The van der Waals surface area contributed by atoms with Crippen LogP contribution in [0.25, 0.3) is 0 Å². The number of imide groups is 1. The number of carbonyl (C=O) groups is 3. The number of benzene rings is 2. The minimum absolute atomic E-state index is 0.140. The number of nitrogens with one attached hydrogen (secondary N) is 1. The molecule has 140 valence electrons. The molecule has 4 atom stereocenters. The molecule has 2 aliphatic carbocycles. The first-order valence-electron chi connectivity index (χ1n) is 9.26. The van der Waals surface area contributed by atoms with Crippen LogP contribution in [0.2, 0.25) is 0 Å². The highest BCUT2D eigenvalue weighted by molar-refractivity contribution is 6.23. The van der Waals surface area contributed by atoms with E-state index in [4.69, 9.17) is 0 Å². The van der Waals surface area contributed by atoms with Gasteiger partial charge in [-0.05, 0) is 60.7 Å². The number of anilines is 2. The molecule has 0 spiro atoms. The summed E-state index contributed by atoms with van der Waals surface area (Å²) in [6.45, 7) is 0. The molecule has 1 saturated heterocycles. The second-order valence-corrected chi connectivity index (χ2v) is 7.52. The molecule has 2 fully saturated rings. The zero-order valence-electron chi connectivity index (χ0n) is 14.8. The zero-order chi connectivity index (χ0) is 19.4. The number of carbonyl (C=O) groups excluding carboxylic acids is 3. The van der Waals surface area contributed by atoms with Gasteiger partial charge in [-0.2, -0.15) is 0 Å². The third-order valence-corrected chi connectivity index (χ3v) is 5.94. The summed E-state index contributed by atoms with van der Waals surface area (Å²) in [5.41, 5.74) is 1.19. The Balaban J connectivity index is 1.40. The van der Waals surface area contributed by atoms with Gasteiger partial charge in [-0.1, -0.05) is 18.2 Å². The average Bonchev–Trinajstić information content (AvgIpc) is 3.37. The number of amides is 3. The first-order chi connectivity index (χ1) is 13.5. The lowest BCUT2D eigenvalue weighted by molar-refractivity contribution is -0.123. The quantitative estimate of drug-likeness (QED) is 0.660. The maximum atomic E-state index is 13.0. The fourth-order valence-corrected chi connectivity index (χ4v) is 4.68. The number of hydrogen-bond acceptors (Lipinski definition) is 3. The van der Waals surface area contributed by atoms with E-state index in [2.05, 4.69) is 5.32 Å². The second-order valence-electron chi connectivity index (χ2n) is 7.52. The monoisotopic (exact) mass is 376 g/mol. The molecule has 28 heavy (non-hydrogen) atoms. The largest absolute Gasteiger partial charge is 0.322 e. The molecule has 0 aromatic heterocycles. The van der Waals surface area contributed by atoms with E-state index in [-0.39, 0.29) is 41.3 Å². The Morgan fingerprint density at radius 2 is 1.61 bits per heavy atom. The van der Waals surface area contributed by atoms with Crippen molar-refractivity contribution in [3.63, 3.8) is 0 Å². The summed E-state index contributed by atoms with van der Waals surface area (Å²) in [6, 6.07) is 11.9. The van der Waals surface area contributed by atoms with E-state index in [1.165, 1.54) is 29.2 Å². The highest BCUT2D eigenvalue weighted by atomic mass is 19.1. The van der Waals surface area contributed by atoms with Crippen molar-refractivity contribution < 1.29 is 18.8 Å². The highest BCUT2D eigenvalue weighted by Gasteiger charge is 2.59. The molecule has 0 unspecified atom stereocenters. The standard InChI is InChI=1S/C22H17FN2O3/c23-15-6-8-16(9-7-15)24-20(26)14-2-1-3-17(11-14)25-21(27)18-12-4-5-13(10-12)19(18)22(25)28/h1-9,11-13,18-19H,10H2,(H,24,26)/t12-,13-,18+,19+/m0/s1. The minimum Gasteiger partial charge on any atom is -0.322 e. The van der Waals surface area contributed by atoms with E-state index in [0.717, 1.165) is 6.42 Å². The van der Waals surface area contributed by atoms with Crippen LogP contribution in [0, 0.1) is 29.5 Å². The van der Waals surface area contributed by atoms with Crippen molar-refractivity contribution in [1.82, 2.24) is 0 Å².